The number of nitrogens with zero attached hydrogens (tertiary/aromatic N) is 1. The van der Waals surface area contributed by atoms with Crippen LogP contribution in [0.15, 0.2) is 18.3 Å². The first-order valence-electron chi connectivity index (χ1n) is 7.25. The summed E-state index contributed by atoms with van der Waals surface area (Å²) in [6, 6.07) is 3.89. The van der Waals surface area contributed by atoms with Crippen molar-refractivity contribution >= 4 is 0 Å². The van der Waals surface area contributed by atoms with Crippen molar-refractivity contribution in [2.75, 3.05) is 26.8 Å². The van der Waals surface area contributed by atoms with E-state index in [1.807, 2.05) is 12.1 Å². The summed E-state index contributed by atoms with van der Waals surface area (Å²) in [5.41, 5.74) is 1.04. The van der Waals surface area contributed by atoms with Gasteiger partial charge in [-0.1, -0.05) is 0 Å². The standard InChI is InChI=1S/C15H22N2O3/c1-18-14-12(3-2-6-17-14)10-19-13-9-15(20-11-13)4-7-16-8-5-15/h2-3,6,13,16H,4-5,7-11H2,1H3. The molecule has 1 N–H and O–H groups in total. The third kappa shape index (κ3) is 2.95. The van der Waals surface area contributed by atoms with Gasteiger partial charge in [0.1, 0.15) is 0 Å². The Bertz CT molecular complexity index is 446. The fourth-order valence-corrected chi connectivity index (χ4v) is 3.07. The van der Waals surface area contributed by atoms with Gasteiger partial charge < -0.3 is 19.5 Å². The number of aromatic nitrogens is 1. The smallest absolute Gasteiger partial charge is 0.218 e. The van der Waals surface area contributed by atoms with Crippen LogP contribution in [0.1, 0.15) is 24.8 Å². The molecule has 1 spiro atoms. The number of rotatable bonds is 4. The zero-order chi connectivity index (χ0) is 13.8. The molecular formula is C15H22N2O3. The SMILES string of the molecule is COc1ncccc1COC1COC2(CCNCC2)C1. The maximum Gasteiger partial charge on any atom is 0.218 e. The fraction of sp³-hybridized carbons (Fsp3) is 0.667. The molecule has 110 valence electrons. The summed E-state index contributed by atoms with van der Waals surface area (Å²) in [5.74, 6) is 0.642. The second kappa shape index (κ2) is 6.08. The first kappa shape index (κ1) is 13.8. The zero-order valence-electron chi connectivity index (χ0n) is 11.9. The first-order chi connectivity index (χ1) is 9.81. The summed E-state index contributed by atoms with van der Waals surface area (Å²) in [4.78, 5) is 4.18. The summed E-state index contributed by atoms with van der Waals surface area (Å²) in [6.45, 7) is 3.31. The summed E-state index contributed by atoms with van der Waals surface area (Å²) in [5, 5.41) is 3.38. The van der Waals surface area contributed by atoms with Crippen molar-refractivity contribution < 1.29 is 14.2 Å². The highest BCUT2D eigenvalue weighted by Crippen LogP contribution is 2.35. The molecule has 0 radical (unpaired) electrons. The Kier molecular flexibility index (Phi) is 4.19. The van der Waals surface area contributed by atoms with Gasteiger partial charge in [-0.3, -0.25) is 0 Å². The lowest BCUT2D eigenvalue weighted by Crippen LogP contribution is -2.41. The van der Waals surface area contributed by atoms with E-state index in [1.165, 1.54) is 0 Å². The molecule has 3 rings (SSSR count). The molecule has 1 aromatic heterocycles. The molecule has 5 nitrogen and oxygen atoms in total. The Hall–Kier alpha value is -1.17. The average Bonchev–Trinajstić information content (AvgIpc) is 2.89. The Labute approximate surface area is 119 Å². The van der Waals surface area contributed by atoms with Crippen LogP contribution in [0.4, 0.5) is 0 Å². The highest BCUT2D eigenvalue weighted by Gasteiger charge is 2.41. The zero-order valence-corrected chi connectivity index (χ0v) is 11.9. The van der Waals surface area contributed by atoms with E-state index in [9.17, 15) is 0 Å². The molecule has 5 heteroatoms. The summed E-state index contributed by atoms with van der Waals surface area (Å²) >= 11 is 0. The van der Waals surface area contributed by atoms with E-state index in [-0.39, 0.29) is 11.7 Å². The minimum Gasteiger partial charge on any atom is -0.481 e. The van der Waals surface area contributed by atoms with Crippen LogP contribution in [0.5, 0.6) is 5.88 Å². The predicted molar refractivity (Wildman–Crippen MR) is 74.8 cm³/mol. The largest absolute Gasteiger partial charge is 0.481 e. The lowest BCUT2D eigenvalue weighted by molar-refractivity contribution is -0.0241. The Morgan fingerprint density at radius 3 is 3.10 bits per heavy atom. The summed E-state index contributed by atoms with van der Waals surface area (Å²) in [7, 11) is 1.63. The van der Waals surface area contributed by atoms with E-state index in [0.29, 0.717) is 19.1 Å². The molecule has 0 aromatic carbocycles. The molecule has 1 unspecified atom stereocenters. The number of ether oxygens (including phenoxy) is 3. The minimum absolute atomic E-state index is 0.0505. The Balaban J connectivity index is 1.54. The van der Waals surface area contributed by atoms with Gasteiger partial charge in [-0.2, -0.15) is 0 Å². The van der Waals surface area contributed by atoms with E-state index < -0.39 is 0 Å². The van der Waals surface area contributed by atoms with Crippen LogP contribution in [0.3, 0.4) is 0 Å². The van der Waals surface area contributed by atoms with Crippen LogP contribution in [0.25, 0.3) is 0 Å². The molecule has 2 saturated heterocycles. The molecule has 2 aliphatic heterocycles. The number of piperidine rings is 1. The van der Waals surface area contributed by atoms with Crippen molar-refractivity contribution in [3.8, 4) is 5.88 Å². The van der Waals surface area contributed by atoms with E-state index in [2.05, 4.69) is 10.3 Å². The van der Waals surface area contributed by atoms with Crippen molar-refractivity contribution in [3.63, 3.8) is 0 Å². The Morgan fingerprint density at radius 2 is 2.30 bits per heavy atom. The summed E-state index contributed by atoms with van der Waals surface area (Å²) in [6.07, 6.45) is 5.08. The van der Waals surface area contributed by atoms with Gasteiger partial charge >= 0.3 is 0 Å². The maximum absolute atomic E-state index is 6.03. The van der Waals surface area contributed by atoms with Crippen molar-refractivity contribution in [3.05, 3.63) is 23.9 Å². The van der Waals surface area contributed by atoms with E-state index in [4.69, 9.17) is 14.2 Å². The van der Waals surface area contributed by atoms with Crippen LogP contribution in [-0.4, -0.2) is 43.5 Å². The molecule has 0 aliphatic carbocycles. The topological polar surface area (TPSA) is 52.6 Å². The van der Waals surface area contributed by atoms with Gasteiger partial charge in [0.15, 0.2) is 0 Å². The first-order valence-corrected chi connectivity index (χ1v) is 7.25. The number of methoxy groups -OCH3 is 1. The predicted octanol–water partition coefficient (Wildman–Crippen LogP) is 1.52. The van der Waals surface area contributed by atoms with Gasteiger partial charge in [0.2, 0.25) is 5.88 Å². The van der Waals surface area contributed by atoms with Crippen molar-refractivity contribution in [2.24, 2.45) is 0 Å². The van der Waals surface area contributed by atoms with Gasteiger partial charge in [0.05, 0.1) is 32.0 Å². The van der Waals surface area contributed by atoms with E-state index in [0.717, 1.165) is 37.9 Å². The molecule has 0 saturated carbocycles. The van der Waals surface area contributed by atoms with Crippen LogP contribution < -0.4 is 10.1 Å². The number of pyridine rings is 1. The van der Waals surface area contributed by atoms with Crippen molar-refractivity contribution in [2.45, 2.75) is 37.6 Å². The quantitative estimate of drug-likeness (QED) is 0.905. The van der Waals surface area contributed by atoms with Gasteiger partial charge in [-0.25, -0.2) is 4.98 Å². The molecule has 1 aromatic rings. The summed E-state index contributed by atoms with van der Waals surface area (Å²) < 4.78 is 17.3. The minimum atomic E-state index is 0.0505. The van der Waals surface area contributed by atoms with E-state index in [1.54, 1.807) is 13.3 Å². The third-order valence-electron chi connectivity index (χ3n) is 4.21. The maximum atomic E-state index is 6.03. The van der Waals surface area contributed by atoms with Crippen molar-refractivity contribution in [1.82, 2.24) is 10.3 Å². The molecular weight excluding hydrogens is 256 g/mol. The van der Waals surface area contributed by atoms with Crippen LogP contribution >= 0.6 is 0 Å². The highest BCUT2D eigenvalue weighted by molar-refractivity contribution is 5.24. The molecule has 0 amide bonds. The van der Waals surface area contributed by atoms with E-state index >= 15 is 0 Å². The van der Waals surface area contributed by atoms with Crippen LogP contribution in [0, 0.1) is 0 Å². The fourth-order valence-electron chi connectivity index (χ4n) is 3.07. The van der Waals surface area contributed by atoms with Gasteiger partial charge in [-0.05, 0) is 38.1 Å². The monoisotopic (exact) mass is 278 g/mol. The number of hydrogen-bond donors (Lipinski definition) is 1. The second-order valence-corrected chi connectivity index (χ2v) is 5.55. The highest BCUT2D eigenvalue weighted by atomic mass is 16.6. The molecule has 1 atom stereocenters. The normalized spacial score (nSPS) is 24.9. The van der Waals surface area contributed by atoms with Crippen LogP contribution in [0.2, 0.25) is 0 Å². The van der Waals surface area contributed by atoms with Gasteiger partial charge in [0.25, 0.3) is 0 Å². The lowest BCUT2D eigenvalue weighted by Gasteiger charge is -2.32. The third-order valence-corrected chi connectivity index (χ3v) is 4.21. The lowest BCUT2D eigenvalue weighted by atomic mass is 9.89. The molecule has 2 aliphatic rings. The van der Waals surface area contributed by atoms with Crippen LogP contribution in [-0.2, 0) is 16.1 Å². The van der Waals surface area contributed by atoms with Gasteiger partial charge in [0, 0.05) is 18.2 Å². The Morgan fingerprint density at radius 1 is 1.45 bits per heavy atom. The molecule has 0 bridgehead atoms. The average molecular weight is 278 g/mol. The second-order valence-electron chi connectivity index (χ2n) is 5.55. The van der Waals surface area contributed by atoms with Gasteiger partial charge in [-0.15, -0.1) is 0 Å². The number of nitrogens with one attached hydrogen (secondary N) is 1. The molecule has 20 heavy (non-hydrogen) atoms. The molecule has 3 heterocycles. The molecule has 2 fully saturated rings. The number of hydrogen-bond acceptors (Lipinski definition) is 5. The van der Waals surface area contributed by atoms with Crippen molar-refractivity contribution in [1.29, 1.82) is 0 Å².